The molecule has 0 amide bonds. The van der Waals surface area contributed by atoms with Crippen molar-refractivity contribution in [2.75, 3.05) is 6.54 Å². The topological polar surface area (TPSA) is 61.9 Å². The lowest BCUT2D eigenvalue weighted by Gasteiger charge is -2.30. The molecule has 32 heavy (non-hydrogen) atoms. The molecule has 158 valence electrons. The molecule has 0 aliphatic carbocycles. The van der Waals surface area contributed by atoms with Crippen LogP contribution in [0.3, 0.4) is 0 Å². The van der Waals surface area contributed by atoms with Crippen LogP contribution in [0.25, 0.3) is 11.0 Å². The first kappa shape index (κ1) is 20.6. The summed E-state index contributed by atoms with van der Waals surface area (Å²) < 4.78 is 2.81. The zero-order valence-corrected chi connectivity index (χ0v) is 19.0. The van der Waals surface area contributed by atoms with Gasteiger partial charge in [-0.3, -0.25) is 14.3 Å². The molecule has 2 aromatic carbocycles. The minimum Gasteiger partial charge on any atom is -0.294 e. The fourth-order valence-corrected chi connectivity index (χ4v) is 4.74. The Morgan fingerprint density at radius 2 is 1.84 bits per heavy atom. The summed E-state index contributed by atoms with van der Waals surface area (Å²) in [6, 6.07) is 21.9. The van der Waals surface area contributed by atoms with Crippen LogP contribution in [-0.2, 0) is 26.1 Å². The standard InChI is InChI=1S/C26H21BrN4O/c27-21-8-6-18(7-9-21)16-31-25-23(5-2-11-29-25)22-10-12-30(17-24(22)26(31)32)15-20-4-1-3-19(13-20)14-28/h1-9,11,13H,10,12,15-17H2. The second-order valence-electron chi connectivity index (χ2n) is 8.12. The van der Waals surface area contributed by atoms with E-state index in [0.717, 1.165) is 50.7 Å². The lowest BCUT2D eigenvalue weighted by molar-refractivity contribution is 0.244. The van der Waals surface area contributed by atoms with Gasteiger partial charge in [0.05, 0.1) is 18.2 Å². The van der Waals surface area contributed by atoms with Crippen LogP contribution in [0.2, 0.25) is 0 Å². The lowest BCUT2D eigenvalue weighted by atomic mass is 9.97. The summed E-state index contributed by atoms with van der Waals surface area (Å²) in [6.07, 6.45) is 2.56. The van der Waals surface area contributed by atoms with Gasteiger partial charge in [0.1, 0.15) is 5.65 Å². The number of benzene rings is 2. The summed E-state index contributed by atoms with van der Waals surface area (Å²) >= 11 is 3.47. The summed E-state index contributed by atoms with van der Waals surface area (Å²) in [6.45, 7) is 2.66. The normalized spacial score (nSPS) is 13.6. The zero-order valence-electron chi connectivity index (χ0n) is 17.5. The van der Waals surface area contributed by atoms with Gasteiger partial charge in [-0.05, 0) is 59.5 Å². The van der Waals surface area contributed by atoms with E-state index in [1.54, 1.807) is 10.8 Å². The third-order valence-electron chi connectivity index (χ3n) is 6.01. The molecule has 0 fully saturated rings. The number of nitrogens with zero attached hydrogens (tertiary/aromatic N) is 4. The first-order chi connectivity index (χ1) is 15.6. The van der Waals surface area contributed by atoms with Gasteiger partial charge in [-0.15, -0.1) is 0 Å². The van der Waals surface area contributed by atoms with E-state index in [2.05, 4.69) is 37.9 Å². The molecule has 4 aromatic rings. The third-order valence-corrected chi connectivity index (χ3v) is 6.54. The minimum absolute atomic E-state index is 0.0320. The Hall–Kier alpha value is -3.27. The molecule has 2 aromatic heterocycles. The highest BCUT2D eigenvalue weighted by molar-refractivity contribution is 9.10. The maximum Gasteiger partial charge on any atom is 0.257 e. The van der Waals surface area contributed by atoms with Crippen molar-refractivity contribution >= 4 is 27.0 Å². The molecule has 0 saturated heterocycles. The minimum atomic E-state index is 0.0320. The van der Waals surface area contributed by atoms with E-state index in [9.17, 15) is 10.1 Å². The third kappa shape index (κ3) is 3.97. The Labute approximate surface area is 194 Å². The quantitative estimate of drug-likeness (QED) is 0.423. The Bertz CT molecular complexity index is 1400. The van der Waals surface area contributed by atoms with E-state index in [1.807, 2.05) is 54.6 Å². The largest absolute Gasteiger partial charge is 0.294 e. The SMILES string of the molecule is N#Cc1cccc(CN2CCc3c(c(=O)n(Cc4ccc(Br)cc4)c4ncccc34)C2)c1. The van der Waals surface area contributed by atoms with Crippen LogP contribution < -0.4 is 5.56 Å². The van der Waals surface area contributed by atoms with Crippen LogP contribution >= 0.6 is 15.9 Å². The summed E-state index contributed by atoms with van der Waals surface area (Å²) in [5, 5.41) is 10.2. The average molecular weight is 485 g/mol. The highest BCUT2D eigenvalue weighted by atomic mass is 79.9. The van der Waals surface area contributed by atoms with Gasteiger partial charge in [0, 0.05) is 41.3 Å². The van der Waals surface area contributed by atoms with Gasteiger partial charge < -0.3 is 0 Å². The van der Waals surface area contributed by atoms with E-state index in [4.69, 9.17) is 0 Å². The van der Waals surface area contributed by atoms with Crippen LogP contribution in [0.5, 0.6) is 0 Å². The number of aromatic nitrogens is 2. The summed E-state index contributed by atoms with van der Waals surface area (Å²) in [5.74, 6) is 0. The van der Waals surface area contributed by atoms with Crippen LogP contribution in [0.15, 0.2) is 76.1 Å². The van der Waals surface area contributed by atoms with Crippen molar-refractivity contribution in [3.8, 4) is 6.07 Å². The number of fused-ring (bicyclic) bond motifs is 3. The maximum atomic E-state index is 13.6. The van der Waals surface area contributed by atoms with Crippen molar-refractivity contribution < 1.29 is 0 Å². The van der Waals surface area contributed by atoms with Gasteiger partial charge in [-0.25, -0.2) is 4.98 Å². The van der Waals surface area contributed by atoms with Crippen LogP contribution in [0.4, 0.5) is 0 Å². The number of hydrogen-bond donors (Lipinski definition) is 0. The molecule has 0 atom stereocenters. The molecule has 1 aliphatic heterocycles. The molecule has 0 bridgehead atoms. The molecular formula is C26H21BrN4O. The predicted octanol–water partition coefficient (Wildman–Crippen LogP) is 4.64. The first-order valence-electron chi connectivity index (χ1n) is 10.6. The summed E-state index contributed by atoms with van der Waals surface area (Å²) in [4.78, 5) is 20.5. The molecule has 0 saturated carbocycles. The molecule has 1 aliphatic rings. The molecule has 0 N–H and O–H groups in total. The first-order valence-corrected chi connectivity index (χ1v) is 11.4. The number of rotatable bonds is 4. The van der Waals surface area contributed by atoms with E-state index in [0.29, 0.717) is 25.2 Å². The number of pyridine rings is 2. The second kappa shape index (κ2) is 8.70. The summed E-state index contributed by atoms with van der Waals surface area (Å²) in [7, 11) is 0. The molecule has 5 rings (SSSR count). The van der Waals surface area contributed by atoms with Crippen molar-refractivity contribution in [3.63, 3.8) is 0 Å². The lowest BCUT2D eigenvalue weighted by Crippen LogP contribution is -2.37. The van der Waals surface area contributed by atoms with E-state index >= 15 is 0 Å². The Morgan fingerprint density at radius 1 is 1.00 bits per heavy atom. The second-order valence-corrected chi connectivity index (χ2v) is 9.04. The molecular weight excluding hydrogens is 464 g/mol. The van der Waals surface area contributed by atoms with Gasteiger partial charge in [0.15, 0.2) is 0 Å². The Balaban J connectivity index is 1.53. The number of nitriles is 1. The fraction of sp³-hybridized carbons (Fsp3) is 0.192. The zero-order chi connectivity index (χ0) is 22.1. The van der Waals surface area contributed by atoms with Gasteiger partial charge in [-0.1, -0.05) is 40.2 Å². The van der Waals surface area contributed by atoms with Crippen molar-refractivity contribution in [2.45, 2.75) is 26.1 Å². The molecule has 0 unspecified atom stereocenters. The number of hydrogen-bond acceptors (Lipinski definition) is 4. The average Bonchev–Trinajstić information content (AvgIpc) is 2.83. The van der Waals surface area contributed by atoms with Crippen LogP contribution in [-0.4, -0.2) is 21.0 Å². The maximum absolute atomic E-state index is 13.6. The van der Waals surface area contributed by atoms with E-state index < -0.39 is 0 Å². The molecule has 3 heterocycles. The van der Waals surface area contributed by atoms with Crippen molar-refractivity contribution in [1.29, 1.82) is 5.26 Å². The summed E-state index contributed by atoms with van der Waals surface area (Å²) in [5.41, 5.74) is 5.55. The Kier molecular flexibility index (Phi) is 5.60. The highest BCUT2D eigenvalue weighted by Crippen LogP contribution is 2.26. The van der Waals surface area contributed by atoms with Crippen LogP contribution in [0.1, 0.15) is 27.8 Å². The van der Waals surface area contributed by atoms with Crippen LogP contribution in [0, 0.1) is 11.3 Å². The monoisotopic (exact) mass is 484 g/mol. The van der Waals surface area contributed by atoms with Gasteiger partial charge in [0.25, 0.3) is 5.56 Å². The van der Waals surface area contributed by atoms with Crippen molar-refractivity contribution in [1.82, 2.24) is 14.5 Å². The van der Waals surface area contributed by atoms with Crippen molar-refractivity contribution in [3.05, 3.63) is 110 Å². The smallest absolute Gasteiger partial charge is 0.257 e. The number of halogens is 1. The van der Waals surface area contributed by atoms with Gasteiger partial charge in [-0.2, -0.15) is 5.26 Å². The predicted molar refractivity (Wildman–Crippen MR) is 128 cm³/mol. The molecule has 0 radical (unpaired) electrons. The molecule has 0 spiro atoms. The van der Waals surface area contributed by atoms with E-state index in [-0.39, 0.29) is 5.56 Å². The van der Waals surface area contributed by atoms with Gasteiger partial charge >= 0.3 is 0 Å². The van der Waals surface area contributed by atoms with E-state index in [1.165, 1.54) is 0 Å². The van der Waals surface area contributed by atoms with Crippen molar-refractivity contribution in [2.24, 2.45) is 0 Å². The fourth-order valence-electron chi connectivity index (χ4n) is 4.47. The molecule has 6 heteroatoms. The highest BCUT2D eigenvalue weighted by Gasteiger charge is 2.24. The Morgan fingerprint density at radius 3 is 2.66 bits per heavy atom. The molecule has 5 nitrogen and oxygen atoms in total. The van der Waals surface area contributed by atoms with Gasteiger partial charge in [0.2, 0.25) is 0 Å².